The van der Waals surface area contributed by atoms with E-state index in [1.165, 1.54) is 16.8 Å². The monoisotopic (exact) mass is 471 g/mol. The molecule has 1 N–H and O–H groups in total. The van der Waals surface area contributed by atoms with Crippen LogP contribution in [0.4, 0.5) is 5.69 Å². The summed E-state index contributed by atoms with van der Waals surface area (Å²) >= 11 is 9.78. The minimum absolute atomic E-state index is 0.569. The molecule has 150 valence electrons. The predicted octanol–water partition coefficient (Wildman–Crippen LogP) is 6.15. The first-order valence-corrected chi connectivity index (χ1v) is 10.9. The number of hydrogen-bond donors (Lipinski definition) is 1. The Labute approximate surface area is 185 Å². The molecule has 0 amide bonds. The van der Waals surface area contributed by atoms with E-state index in [4.69, 9.17) is 16.3 Å². The molecule has 29 heavy (non-hydrogen) atoms. The van der Waals surface area contributed by atoms with Gasteiger partial charge in [-0.1, -0.05) is 51.8 Å². The van der Waals surface area contributed by atoms with E-state index in [0.29, 0.717) is 10.6 Å². The quantitative estimate of drug-likeness (QED) is 0.484. The minimum atomic E-state index is -0.748. The molecule has 0 aliphatic carbocycles. The van der Waals surface area contributed by atoms with E-state index in [-0.39, 0.29) is 0 Å². The summed E-state index contributed by atoms with van der Waals surface area (Å²) in [6.45, 7) is 1.88. The van der Waals surface area contributed by atoms with Crippen LogP contribution in [0.3, 0.4) is 0 Å². The first-order valence-electron chi connectivity index (χ1n) is 9.69. The van der Waals surface area contributed by atoms with Crippen LogP contribution in [-0.4, -0.2) is 18.8 Å². The van der Waals surface area contributed by atoms with Gasteiger partial charge in [-0.3, -0.25) is 0 Å². The van der Waals surface area contributed by atoms with Gasteiger partial charge in [-0.25, -0.2) is 0 Å². The lowest BCUT2D eigenvalue weighted by Gasteiger charge is -2.32. The number of aryl methyl sites for hydroxylation is 1. The highest BCUT2D eigenvalue weighted by atomic mass is 79.9. The largest absolute Gasteiger partial charge is 0.497 e. The van der Waals surface area contributed by atoms with Gasteiger partial charge in [-0.15, -0.1) is 0 Å². The average Bonchev–Trinajstić information content (AvgIpc) is 2.75. The number of ether oxygens (including phenoxy) is 1. The highest BCUT2D eigenvalue weighted by Gasteiger charge is 2.21. The van der Waals surface area contributed by atoms with Gasteiger partial charge in [0, 0.05) is 33.8 Å². The third-order valence-corrected chi connectivity index (χ3v) is 6.26. The lowest BCUT2D eigenvalue weighted by atomic mass is 9.94. The Morgan fingerprint density at radius 2 is 1.90 bits per heavy atom. The molecule has 3 nitrogen and oxygen atoms in total. The fraction of sp³-hybridized carbons (Fsp3) is 0.250. The summed E-state index contributed by atoms with van der Waals surface area (Å²) < 4.78 is 6.16. The summed E-state index contributed by atoms with van der Waals surface area (Å²) in [4.78, 5) is 2.41. The SMILES string of the molecule is COc1ccc(CN2CCCc3cc(C(O)c4cc(Br)ccc4Cl)ccc32)cc1. The summed E-state index contributed by atoms with van der Waals surface area (Å²) in [5.74, 6) is 0.873. The third kappa shape index (κ3) is 4.45. The zero-order chi connectivity index (χ0) is 20.4. The molecule has 0 fully saturated rings. The van der Waals surface area contributed by atoms with Gasteiger partial charge in [-0.05, 0) is 65.9 Å². The molecule has 3 aromatic rings. The summed E-state index contributed by atoms with van der Waals surface area (Å²) in [5.41, 5.74) is 5.35. The van der Waals surface area contributed by atoms with Gasteiger partial charge < -0.3 is 14.7 Å². The molecule has 0 saturated carbocycles. The fourth-order valence-electron chi connectivity index (χ4n) is 3.88. The molecule has 4 rings (SSSR count). The Morgan fingerprint density at radius 3 is 2.66 bits per heavy atom. The normalized spacial score (nSPS) is 14.4. The summed E-state index contributed by atoms with van der Waals surface area (Å²) in [7, 11) is 1.68. The van der Waals surface area contributed by atoms with Crippen LogP contribution in [0.2, 0.25) is 5.02 Å². The number of anilines is 1. The molecule has 0 bridgehead atoms. The Bertz CT molecular complexity index is 1010. The Morgan fingerprint density at radius 1 is 1.10 bits per heavy atom. The highest BCUT2D eigenvalue weighted by Crippen LogP contribution is 2.35. The van der Waals surface area contributed by atoms with Crippen LogP contribution in [-0.2, 0) is 13.0 Å². The second-order valence-corrected chi connectivity index (χ2v) is 8.65. The van der Waals surface area contributed by atoms with E-state index in [0.717, 1.165) is 41.7 Å². The van der Waals surface area contributed by atoms with Gasteiger partial charge >= 0.3 is 0 Å². The molecule has 0 radical (unpaired) electrons. The van der Waals surface area contributed by atoms with Crippen molar-refractivity contribution in [3.05, 3.63) is 92.4 Å². The number of fused-ring (bicyclic) bond motifs is 1. The van der Waals surface area contributed by atoms with E-state index in [1.54, 1.807) is 13.2 Å². The number of rotatable bonds is 5. The van der Waals surface area contributed by atoms with Crippen molar-refractivity contribution in [2.75, 3.05) is 18.6 Å². The van der Waals surface area contributed by atoms with Crippen molar-refractivity contribution in [1.82, 2.24) is 0 Å². The maximum Gasteiger partial charge on any atom is 0.118 e. The van der Waals surface area contributed by atoms with E-state index >= 15 is 0 Å². The van der Waals surface area contributed by atoms with Crippen molar-refractivity contribution >= 4 is 33.2 Å². The number of aliphatic hydroxyl groups is 1. The second kappa shape index (κ2) is 8.78. The number of methoxy groups -OCH3 is 1. The van der Waals surface area contributed by atoms with Crippen molar-refractivity contribution < 1.29 is 9.84 Å². The van der Waals surface area contributed by atoms with Gasteiger partial charge in [0.05, 0.1) is 7.11 Å². The molecule has 1 aliphatic rings. The second-order valence-electron chi connectivity index (χ2n) is 7.33. The maximum atomic E-state index is 10.9. The molecule has 0 aromatic heterocycles. The number of hydrogen-bond acceptors (Lipinski definition) is 3. The Balaban J connectivity index is 1.58. The van der Waals surface area contributed by atoms with Gasteiger partial charge in [0.2, 0.25) is 0 Å². The van der Waals surface area contributed by atoms with E-state index < -0.39 is 6.10 Å². The molecular weight excluding hydrogens is 450 g/mol. The van der Waals surface area contributed by atoms with Crippen molar-refractivity contribution in [3.63, 3.8) is 0 Å². The molecular formula is C24H23BrClNO2. The third-order valence-electron chi connectivity index (χ3n) is 5.42. The topological polar surface area (TPSA) is 32.7 Å². The fourth-order valence-corrected chi connectivity index (χ4v) is 4.48. The standard InChI is InChI=1S/C24H23BrClNO2/c1-29-20-8-4-16(5-9-20)15-27-12-2-3-17-13-18(6-11-23(17)27)24(28)21-14-19(25)7-10-22(21)26/h4-11,13-14,24,28H,2-3,12,15H2,1H3. The molecule has 1 aliphatic heterocycles. The van der Waals surface area contributed by atoms with E-state index in [2.05, 4.69) is 45.1 Å². The molecule has 1 heterocycles. The van der Waals surface area contributed by atoms with Gasteiger partial charge in [0.15, 0.2) is 0 Å². The smallest absolute Gasteiger partial charge is 0.118 e. The molecule has 5 heteroatoms. The molecule has 0 saturated heterocycles. The number of halogens is 2. The van der Waals surface area contributed by atoms with Crippen LogP contribution in [0.25, 0.3) is 0 Å². The summed E-state index contributed by atoms with van der Waals surface area (Å²) in [6.07, 6.45) is 1.36. The van der Waals surface area contributed by atoms with Crippen molar-refractivity contribution in [3.8, 4) is 5.75 Å². The molecule has 1 atom stereocenters. The zero-order valence-corrected chi connectivity index (χ0v) is 18.6. The number of nitrogens with zero attached hydrogens (tertiary/aromatic N) is 1. The number of benzene rings is 3. The first kappa shape index (κ1) is 20.3. The van der Waals surface area contributed by atoms with Gasteiger partial charge in [0.25, 0.3) is 0 Å². The van der Waals surface area contributed by atoms with Gasteiger partial charge in [-0.2, -0.15) is 0 Å². The minimum Gasteiger partial charge on any atom is -0.497 e. The lowest BCUT2D eigenvalue weighted by Crippen LogP contribution is -2.29. The maximum absolute atomic E-state index is 10.9. The Kier molecular flexibility index (Phi) is 6.14. The predicted molar refractivity (Wildman–Crippen MR) is 122 cm³/mol. The zero-order valence-electron chi connectivity index (χ0n) is 16.2. The first-order chi connectivity index (χ1) is 14.0. The van der Waals surface area contributed by atoms with Crippen LogP contribution in [0, 0.1) is 0 Å². The van der Waals surface area contributed by atoms with Crippen LogP contribution < -0.4 is 9.64 Å². The van der Waals surface area contributed by atoms with Crippen molar-refractivity contribution in [2.45, 2.75) is 25.5 Å². The molecule has 3 aromatic carbocycles. The average molecular weight is 473 g/mol. The summed E-state index contributed by atoms with van der Waals surface area (Å²) in [6, 6.07) is 20.0. The van der Waals surface area contributed by atoms with Crippen LogP contribution in [0.5, 0.6) is 5.75 Å². The molecule has 0 spiro atoms. The van der Waals surface area contributed by atoms with Crippen LogP contribution in [0.1, 0.15) is 34.8 Å². The Hall–Kier alpha value is -2.01. The molecule has 1 unspecified atom stereocenters. The van der Waals surface area contributed by atoms with E-state index in [1.807, 2.05) is 30.3 Å². The van der Waals surface area contributed by atoms with Crippen LogP contribution in [0.15, 0.2) is 65.1 Å². The van der Waals surface area contributed by atoms with Crippen molar-refractivity contribution in [1.29, 1.82) is 0 Å². The van der Waals surface area contributed by atoms with Gasteiger partial charge in [0.1, 0.15) is 11.9 Å². The van der Waals surface area contributed by atoms with E-state index in [9.17, 15) is 5.11 Å². The highest BCUT2D eigenvalue weighted by molar-refractivity contribution is 9.10. The lowest BCUT2D eigenvalue weighted by molar-refractivity contribution is 0.220. The van der Waals surface area contributed by atoms with Crippen LogP contribution >= 0.6 is 27.5 Å². The summed E-state index contributed by atoms with van der Waals surface area (Å²) in [5, 5.41) is 11.5. The van der Waals surface area contributed by atoms with Crippen molar-refractivity contribution in [2.24, 2.45) is 0 Å². The number of aliphatic hydroxyl groups excluding tert-OH is 1.